The molecule has 2 N–H and O–H groups in total. The van der Waals surface area contributed by atoms with Gasteiger partial charge in [0.25, 0.3) is 5.91 Å². The highest BCUT2D eigenvalue weighted by atomic mass is 35.5. The molecule has 0 aliphatic heterocycles. The molecule has 1 unspecified atom stereocenters. The van der Waals surface area contributed by atoms with Gasteiger partial charge in [0, 0.05) is 22.5 Å². The summed E-state index contributed by atoms with van der Waals surface area (Å²) < 4.78 is 0. The van der Waals surface area contributed by atoms with Crippen LogP contribution in [0.2, 0.25) is 5.02 Å². The maximum Gasteiger partial charge on any atom is 0.255 e. The Kier molecular flexibility index (Phi) is 4.35. The standard InChI is InChI=1S/C15H17ClN2OS/c1-9-4-7-14(20-9)10(2)18(3)15(19)12-8-11(17)5-6-13(12)16/h4-8,10H,17H2,1-3H3. The Morgan fingerprint density at radius 1 is 1.35 bits per heavy atom. The molecule has 0 aliphatic carbocycles. The molecule has 1 aromatic heterocycles. The SMILES string of the molecule is Cc1ccc(C(C)N(C)C(=O)c2cc(N)ccc2Cl)s1. The van der Waals surface area contributed by atoms with E-state index in [1.165, 1.54) is 4.88 Å². The third-order valence-electron chi connectivity index (χ3n) is 3.30. The summed E-state index contributed by atoms with van der Waals surface area (Å²) in [5.74, 6) is -0.124. The number of amides is 1. The fraction of sp³-hybridized carbons (Fsp3) is 0.267. The molecule has 20 heavy (non-hydrogen) atoms. The van der Waals surface area contributed by atoms with Gasteiger partial charge < -0.3 is 10.6 Å². The molecule has 1 aromatic carbocycles. The number of nitrogens with two attached hydrogens (primary N) is 1. The third kappa shape index (κ3) is 2.97. The van der Waals surface area contributed by atoms with Crippen molar-refractivity contribution >= 4 is 34.5 Å². The molecule has 0 aliphatic rings. The lowest BCUT2D eigenvalue weighted by Gasteiger charge is -2.24. The number of hydrogen-bond donors (Lipinski definition) is 1. The molecule has 106 valence electrons. The molecule has 5 heteroatoms. The summed E-state index contributed by atoms with van der Waals surface area (Å²) in [6, 6.07) is 9.06. The van der Waals surface area contributed by atoms with E-state index in [-0.39, 0.29) is 11.9 Å². The Hall–Kier alpha value is -1.52. The van der Waals surface area contributed by atoms with Gasteiger partial charge in [-0.25, -0.2) is 0 Å². The number of carbonyl (C=O) groups is 1. The molecule has 0 fully saturated rings. The summed E-state index contributed by atoms with van der Waals surface area (Å²) in [7, 11) is 1.78. The highest BCUT2D eigenvalue weighted by Gasteiger charge is 2.22. The largest absolute Gasteiger partial charge is 0.399 e. The molecule has 3 nitrogen and oxygen atoms in total. The molecular weight excluding hydrogens is 292 g/mol. The summed E-state index contributed by atoms with van der Waals surface area (Å²) in [6.45, 7) is 4.06. The molecule has 0 saturated heterocycles. The highest BCUT2D eigenvalue weighted by molar-refractivity contribution is 7.12. The van der Waals surface area contributed by atoms with Gasteiger partial charge in [-0.05, 0) is 44.2 Å². The Morgan fingerprint density at radius 3 is 2.65 bits per heavy atom. The van der Waals surface area contributed by atoms with Gasteiger partial charge in [0.05, 0.1) is 16.6 Å². The van der Waals surface area contributed by atoms with Crippen molar-refractivity contribution in [1.29, 1.82) is 0 Å². The number of carbonyl (C=O) groups excluding carboxylic acids is 1. The second-order valence-electron chi connectivity index (χ2n) is 4.78. The van der Waals surface area contributed by atoms with Crippen molar-refractivity contribution in [3.63, 3.8) is 0 Å². The first kappa shape index (κ1) is 14.9. The summed E-state index contributed by atoms with van der Waals surface area (Å²) in [6.07, 6.45) is 0. The van der Waals surface area contributed by atoms with E-state index >= 15 is 0 Å². The molecule has 2 aromatic rings. The van der Waals surface area contributed by atoms with Crippen LogP contribution in [0, 0.1) is 6.92 Å². The van der Waals surface area contributed by atoms with Crippen molar-refractivity contribution in [2.24, 2.45) is 0 Å². The van der Waals surface area contributed by atoms with Crippen molar-refractivity contribution in [3.8, 4) is 0 Å². The Bertz CT molecular complexity index is 639. The summed E-state index contributed by atoms with van der Waals surface area (Å²) >= 11 is 7.78. The zero-order valence-corrected chi connectivity index (χ0v) is 13.3. The molecule has 1 atom stereocenters. The van der Waals surface area contributed by atoms with E-state index < -0.39 is 0 Å². The number of halogens is 1. The lowest BCUT2D eigenvalue weighted by Crippen LogP contribution is -2.29. The van der Waals surface area contributed by atoms with Crippen LogP contribution in [0.25, 0.3) is 0 Å². The number of thiophene rings is 1. The monoisotopic (exact) mass is 308 g/mol. The van der Waals surface area contributed by atoms with Crippen LogP contribution in [0.1, 0.15) is 33.1 Å². The van der Waals surface area contributed by atoms with Crippen LogP contribution in [0.5, 0.6) is 0 Å². The number of aryl methyl sites for hydroxylation is 1. The minimum Gasteiger partial charge on any atom is -0.399 e. The zero-order chi connectivity index (χ0) is 14.9. The maximum atomic E-state index is 12.5. The van der Waals surface area contributed by atoms with Gasteiger partial charge in [-0.2, -0.15) is 0 Å². The predicted molar refractivity (Wildman–Crippen MR) is 85.4 cm³/mol. The minimum absolute atomic E-state index is 0.00121. The molecular formula is C15H17ClN2OS. The van der Waals surface area contributed by atoms with Gasteiger partial charge in [0.1, 0.15) is 0 Å². The molecule has 0 saturated carbocycles. The van der Waals surface area contributed by atoms with Gasteiger partial charge in [-0.3, -0.25) is 4.79 Å². The molecule has 0 radical (unpaired) electrons. The minimum atomic E-state index is -0.124. The maximum absolute atomic E-state index is 12.5. The second-order valence-corrected chi connectivity index (χ2v) is 6.51. The van der Waals surface area contributed by atoms with Crippen LogP contribution in [0.15, 0.2) is 30.3 Å². The quantitative estimate of drug-likeness (QED) is 0.867. The normalized spacial score (nSPS) is 12.2. The molecule has 0 spiro atoms. The van der Waals surface area contributed by atoms with E-state index in [9.17, 15) is 4.79 Å². The van der Waals surface area contributed by atoms with Gasteiger partial charge >= 0.3 is 0 Å². The average molecular weight is 309 g/mol. The Morgan fingerprint density at radius 2 is 2.05 bits per heavy atom. The first-order valence-electron chi connectivity index (χ1n) is 6.28. The molecule has 0 bridgehead atoms. The topological polar surface area (TPSA) is 46.3 Å². The Balaban J connectivity index is 2.26. The fourth-order valence-electron chi connectivity index (χ4n) is 1.94. The molecule has 1 amide bonds. The van der Waals surface area contributed by atoms with E-state index in [1.54, 1.807) is 41.5 Å². The van der Waals surface area contributed by atoms with E-state index in [2.05, 4.69) is 19.1 Å². The predicted octanol–water partition coefficient (Wildman–Crippen LogP) is 4.13. The van der Waals surface area contributed by atoms with Gasteiger partial charge in [-0.15, -0.1) is 11.3 Å². The summed E-state index contributed by atoms with van der Waals surface area (Å²) in [4.78, 5) is 16.6. The average Bonchev–Trinajstić information content (AvgIpc) is 2.85. The van der Waals surface area contributed by atoms with Crippen molar-refractivity contribution in [2.45, 2.75) is 19.9 Å². The van der Waals surface area contributed by atoms with Crippen molar-refractivity contribution < 1.29 is 4.79 Å². The fourth-order valence-corrected chi connectivity index (χ4v) is 3.11. The van der Waals surface area contributed by atoms with E-state index in [0.717, 1.165) is 4.88 Å². The number of benzene rings is 1. The van der Waals surface area contributed by atoms with Crippen molar-refractivity contribution in [1.82, 2.24) is 4.90 Å². The number of rotatable bonds is 3. The highest BCUT2D eigenvalue weighted by Crippen LogP contribution is 2.29. The number of hydrogen-bond acceptors (Lipinski definition) is 3. The van der Waals surface area contributed by atoms with Gasteiger partial charge in [0.15, 0.2) is 0 Å². The summed E-state index contributed by atoms with van der Waals surface area (Å²) in [5.41, 5.74) is 6.70. The van der Waals surface area contributed by atoms with Crippen LogP contribution >= 0.6 is 22.9 Å². The smallest absolute Gasteiger partial charge is 0.255 e. The van der Waals surface area contributed by atoms with Crippen LogP contribution in [-0.4, -0.2) is 17.9 Å². The van der Waals surface area contributed by atoms with Gasteiger partial charge in [-0.1, -0.05) is 11.6 Å². The lowest BCUT2D eigenvalue weighted by molar-refractivity contribution is 0.0745. The van der Waals surface area contributed by atoms with Crippen LogP contribution in [-0.2, 0) is 0 Å². The van der Waals surface area contributed by atoms with Crippen LogP contribution in [0.4, 0.5) is 5.69 Å². The van der Waals surface area contributed by atoms with Crippen molar-refractivity contribution in [2.75, 3.05) is 12.8 Å². The molecule has 2 rings (SSSR count). The third-order valence-corrected chi connectivity index (χ3v) is 4.80. The number of anilines is 1. The second kappa shape index (κ2) is 5.85. The van der Waals surface area contributed by atoms with Gasteiger partial charge in [0.2, 0.25) is 0 Å². The number of nitrogen functional groups attached to an aromatic ring is 1. The Labute approximate surface area is 128 Å². The van der Waals surface area contributed by atoms with Crippen molar-refractivity contribution in [3.05, 3.63) is 50.7 Å². The zero-order valence-electron chi connectivity index (χ0n) is 11.7. The number of nitrogens with zero attached hydrogens (tertiary/aromatic N) is 1. The van der Waals surface area contributed by atoms with E-state index in [1.807, 2.05) is 6.92 Å². The summed E-state index contributed by atoms with van der Waals surface area (Å²) in [5, 5.41) is 0.422. The molecule has 1 heterocycles. The first-order chi connectivity index (χ1) is 9.40. The first-order valence-corrected chi connectivity index (χ1v) is 7.48. The lowest BCUT2D eigenvalue weighted by atomic mass is 10.1. The van der Waals surface area contributed by atoms with Crippen LogP contribution < -0.4 is 5.73 Å². The van der Waals surface area contributed by atoms with E-state index in [0.29, 0.717) is 16.3 Å². The van der Waals surface area contributed by atoms with Crippen LogP contribution in [0.3, 0.4) is 0 Å². The van der Waals surface area contributed by atoms with E-state index in [4.69, 9.17) is 17.3 Å².